The number of nitrogens with two attached hydrogens (primary N) is 1. The van der Waals surface area contributed by atoms with E-state index in [-0.39, 0.29) is 6.04 Å². The molecule has 1 saturated carbocycles. The van der Waals surface area contributed by atoms with Crippen molar-refractivity contribution >= 4 is 11.3 Å². The Morgan fingerprint density at radius 2 is 2.25 bits per heavy atom. The molecule has 0 bridgehead atoms. The Kier molecular flexibility index (Phi) is 2.42. The molecule has 12 heavy (non-hydrogen) atoms. The molecule has 3 heteroatoms. The van der Waals surface area contributed by atoms with Gasteiger partial charge in [-0.05, 0) is 18.8 Å². The first kappa shape index (κ1) is 8.20. The van der Waals surface area contributed by atoms with Crippen molar-refractivity contribution in [2.45, 2.75) is 31.7 Å². The van der Waals surface area contributed by atoms with Crippen molar-refractivity contribution in [1.29, 1.82) is 0 Å². The SMILES string of the molecule is NC(c1cncs1)C1CCCC1. The Bertz CT molecular complexity index is 227. The van der Waals surface area contributed by atoms with Crippen molar-refractivity contribution in [2.24, 2.45) is 11.7 Å². The lowest BCUT2D eigenvalue weighted by Gasteiger charge is -2.16. The lowest BCUT2D eigenvalue weighted by molar-refractivity contribution is 0.450. The van der Waals surface area contributed by atoms with Gasteiger partial charge in [0.15, 0.2) is 0 Å². The van der Waals surface area contributed by atoms with Crippen molar-refractivity contribution in [3.63, 3.8) is 0 Å². The van der Waals surface area contributed by atoms with Gasteiger partial charge in [0, 0.05) is 17.1 Å². The van der Waals surface area contributed by atoms with Crippen molar-refractivity contribution in [3.05, 3.63) is 16.6 Å². The highest BCUT2D eigenvalue weighted by Gasteiger charge is 2.23. The number of nitrogens with zero attached hydrogens (tertiary/aromatic N) is 1. The van der Waals surface area contributed by atoms with E-state index in [0.717, 1.165) is 0 Å². The first-order valence-corrected chi connectivity index (χ1v) is 5.40. The summed E-state index contributed by atoms with van der Waals surface area (Å²) < 4.78 is 0. The summed E-state index contributed by atoms with van der Waals surface area (Å²) in [4.78, 5) is 5.30. The van der Waals surface area contributed by atoms with Crippen LogP contribution in [0.2, 0.25) is 0 Å². The smallest absolute Gasteiger partial charge is 0.0794 e. The highest BCUT2D eigenvalue weighted by Crippen LogP contribution is 2.35. The summed E-state index contributed by atoms with van der Waals surface area (Å²) in [5.74, 6) is 0.713. The summed E-state index contributed by atoms with van der Waals surface area (Å²) in [7, 11) is 0. The monoisotopic (exact) mass is 182 g/mol. The fourth-order valence-corrected chi connectivity index (χ4v) is 2.65. The summed E-state index contributed by atoms with van der Waals surface area (Å²) in [6, 6.07) is 0.250. The molecule has 1 aromatic heterocycles. The van der Waals surface area contributed by atoms with Crippen molar-refractivity contribution < 1.29 is 0 Å². The fraction of sp³-hybridized carbons (Fsp3) is 0.667. The van der Waals surface area contributed by atoms with Crippen LogP contribution in [0.25, 0.3) is 0 Å². The molecule has 2 nitrogen and oxygen atoms in total. The molecule has 1 atom stereocenters. The molecule has 0 aromatic carbocycles. The first-order valence-electron chi connectivity index (χ1n) is 4.52. The molecule has 0 saturated heterocycles. The van der Waals surface area contributed by atoms with E-state index in [1.807, 2.05) is 11.7 Å². The summed E-state index contributed by atoms with van der Waals surface area (Å²) in [5.41, 5.74) is 7.98. The van der Waals surface area contributed by atoms with Crippen molar-refractivity contribution in [3.8, 4) is 0 Å². The number of aromatic nitrogens is 1. The van der Waals surface area contributed by atoms with Crippen molar-refractivity contribution in [2.75, 3.05) is 0 Å². The Balaban J connectivity index is 2.04. The second-order valence-corrected chi connectivity index (χ2v) is 4.39. The molecule has 0 radical (unpaired) electrons. The second-order valence-electron chi connectivity index (χ2n) is 3.47. The highest BCUT2D eigenvalue weighted by molar-refractivity contribution is 7.09. The van der Waals surface area contributed by atoms with E-state index in [4.69, 9.17) is 5.73 Å². The predicted octanol–water partition coefficient (Wildman–Crippen LogP) is 2.33. The Labute approximate surface area is 76.8 Å². The molecular weight excluding hydrogens is 168 g/mol. The van der Waals surface area contributed by atoms with Crippen LogP contribution < -0.4 is 5.73 Å². The molecule has 2 rings (SSSR count). The van der Waals surface area contributed by atoms with E-state index in [0.29, 0.717) is 5.92 Å². The van der Waals surface area contributed by atoms with E-state index in [2.05, 4.69) is 4.98 Å². The third-order valence-corrected chi connectivity index (χ3v) is 3.56. The first-order chi connectivity index (χ1) is 5.88. The summed E-state index contributed by atoms with van der Waals surface area (Å²) >= 11 is 1.68. The van der Waals surface area contributed by atoms with Gasteiger partial charge in [0.25, 0.3) is 0 Å². The molecule has 1 fully saturated rings. The van der Waals surface area contributed by atoms with Crippen LogP contribution >= 0.6 is 11.3 Å². The Morgan fingerprint density at radius 3 is 2.83 bits per heavy atom. The second kappa shape index (κ2) is 3.54. The van der Waals surface area contributed by atoms with Crippen LogP contribution in [-0.2, 0) is 0 Å². The van der Waals surface area contributed by atoms with E-state index in [9.17, 15) is 0 Å². The zero-order valence-corrected chi connectivity index (χ0v) is 7.89. The summed E-state index contributed by atoms with van der Waals surface area (Å²) in [5, 5.41) is 0. The van der Waals surface area contributed by atoms with E-state index in [1.54, 1.807) is 11.3 Å². The van der Waals surface area contributed by atoms with Gasteiger partial charge in [-0.2, -0.15) is 0 Å². The van der Waals surface area contributed by atoms with E-state index < -0.39 is 0 Å². The molecule has 0 spiro atoms. The largest absolute Gasteiger partial charge is 0.323 e. The molecule has 0 amide bonds. The molecule has 1 aliphatic carbocycles. The van der Waals surface area contributed by atoms with Crippen molar-refractivity contribution in [1.82, 2.24) is 4.98 Å². The molecular formula is C9H14N2S. The quantitative estimate of drug-likeness (QED) is 0.762. The average molecular weight is 182 g/mol. The fourth-order valence-electron chi connectivity index (χ4n) is 1.94. The third-order valence-electron chi connectivity index (χ3n) is 2.69. The minimum atomic E-state index is 0.250. The van der Waals surface area contributed by atoms with Gasteiger partial charge in [-0.3, -0.25) is 4.98 Å². The van der Waals surface area contributed by atoms with Gasteiger partial charge < -0.3 is 5.73 Å². The van der Waals surface area contributed by atoms with Gasteiger partial charge in [0.05, 0.1) is 5.51 Å². The molecule has 66 valence electrons. The lowest BCUT2D eigenvalue weighted by Crippen LogP contribution is -2.17. The summed E-state index contributed by atoms with van der Waals surface area (Å²) in [6.45, 7) is 0. The van der Waals surface area contributed by atoms with Crippen LogP contribution in [0, 0.1) is 5.92 Å². The zero-order chi connectivity index (χ0) is 8.39. The zero-order valence-electron chi connectivity index (χ0n) is 7.07. The Hall–Kier alpha value is -0.410. The van der Waals surface area contributed by atoms with Crippen LogP contribution in [0.1, 0.15) is 36.6 Å². The van der Waals surface area contributed by atoms with Gasteiger partial charge >= 0.3 is 0 Å². The van der Waals surface area contributed by atoms with Gasteiger partial charge in [-0.15, -0.1) is 11.3 Å². The number of thiazole rings is 1. The minimum absolute atomic E-state index is 0.250. The van der Waals surface area contributed by atoms with Crippen LogP contribution in [-0.4, -0.2) is 4.98 Å². The molecule has 2 N–H and O–H groups in total. The third kappa shape index (κ3) is 1.52. The molecule has 1 aliphatic rings. The normalized spacial score (nSPS) is 21.4. The molecule has 1 unspecified atom stereocenters. The topological polar surface area (TPSA) is 38.9 Å². The molecule has 1 aromatic rings. The number of hydrogen-bond donors (Lipinski definition) is 1. The summed E-state index contributed by atoms with van der Waals surface area (Å²) in [6.07, 6.45) is 7.24. The van der Waals surface area contributed by atoms with E-state index >= 15 is 0 Å². The Morgan fingerprint density at radius 1 is 1.50 bits per heavy atom. The maximum atomic E-state index is 6.12. The standard InChI is InChI=1S/C9H14N2S/c10-9(7-3-1-2-4-7)8-5-11-6-12-8/h5-7,9H,1-4,10H2. The van der Waals surface area contributed by atoms with Crippen LogP contribution in [0.5, 0.6) is 0 Å². The maximum absolute atomic E-state index is 6.12. The van der Waals surface area contributed by atoms with Gasteiger partial charge in [-0.1, -0.05) is 12.8 Å². The highest BCUT2D eigenvalue weighted by atomic mass is 32.1. The lowest BCUT2D eigenvalue weighted by atomic mass is 9.98. The number of hydrogen-bond acceptors (Lipinski definition) is 3. The van der Waals surface area contributed by atoms with Gasteiger partial charge in [0.1, 0.15) is 0 Å². The van der Waals surface area contributed by atoms with E-state index in [1.165, 1.54) is 30.6 Å². The van der Waals surface area contributed by atoms with Crippen LogP contribution in [0.15, 0.2) is 11.7 Å². The molecule has 0 aliphatic heterocycles. The number of rotatable bonds is 2. The minimum Gasteiger partial charge on any atom is -0.323 e. The molecule has 1 heterocycles. The van der Waals surface area contributed by atoms with Crippen LogP contribution in [0.4, 0.5) is 0 Å². The van der Waals surface area contributed by atoms with Gasteiger partial charge in [0.2, 0.25) is 0 Å². The van der Waals surface area contributed by atoms with Crippen LogP contribution in [0.3, 0.4) is 0 Å². The average Bonchev–Trinajstić information content (AvgIpc) is 2.77. The van der Waals surface area contributed by atoms with Gasteiger partial charge in [-0.25, -0.2) is 0 Å². The maximum Gasteiger partial charge on any atom is 0.0794 e. The predicted molar refractivity (Wildman–Crippen MR) is 51.0 cm³/mol.